The molecule has 0 aromatic heterocycles. The molecule has 3 unspecified atom stereocenters. The number of hydrogen-bond acceptors (Lipinski definition) is 4. The van der Waals surface area contributed by atoms with E-state index in [9.17, 15) is 9.67 Å². The van der Waals surface area contributed by atoms with Crippen LogP contribution in [0.4, 0.5) is 0 Å². The van der Waals surface area contributed by atoms with Crippen LogP contribution in [0.25, 0.3) is 0 Å². The molecule has 0 aliphatic carbocycles. The average Bonchev–Trinajstić information content (AvgIpc) is 2.44. The molecule has 0 saturated carbocycles. The third kappa shape index (κ3) is 15.9. The molecule has 6 nitrogen and oxygen atoms in total. The Balaban J connectivity index is 4.71. The second-order valence-corrected chi connectivity index (χ2v) is 12.0. The molecule has 0 spiro atoms. The number of aliphatic hydroxyl groups excluding tert-OH is 1. The molecule has 0 saturated heterocycles. The smallest absolute Gasteiger partial charge is 0.388 e. The molecule has 0 aromatic rings. The minimum atomic E-state index is -4.57. The van der Waals surface area contributed by atoms with Crippen LogP contribution in [0, 0.1) is 28.6 Å². The molecule has 3 N–H and O–H groups in total. The Kier molecular flexibility index (Phi) is 12.0. The minimum Gasteiger partial charge on any atom is -0.388 e. The Bertz CT molecular complexity index is 466. The Morgan fingerprint density at radius 3 is 1.96 bits per heavy atom. The van der Waals surface area contributed by atoms with E-state index in [1.807, 2.05) is 0 Å². The first kappa shape index (κ1) is 28.0. The molecule has 0 aromatic carbocycles. The molecular formula is C21H45O6P. The molecule has 7 heteroatoms. The van der Waals surface area contributed by atoms with Crippen LogP contribution in [-0.2, 0) is 13.8 Å². The summed E-state index contributed by atoms with van der Waals surface area (Å²) in [6.07, 6.45) is 3.41. The van der Waals surface area contributed by atoms with Gasteiger partial charge in [-0.15, -0.1) is 0 Å². The molecular weight excluding hydrogens is 379 g/mol. The van der Waals surface area contributed by atoms with Crippen LogP contribution >= 0.6 is 7.82 Å². The lowest BCUT2D eigenvalue weighted by atomic mass is 9.74. The Morgan fingerprint density at radius 1 is 0.929 bits per heavy atom. The highest BCUT2D eigenvalue weighted by Gasteiger charge is 2.27. The van der Waals surface area contributed by atoms with Crippen molar-refractivity contribution in [1.82, 2.24) is 0 Å². The number of phosphoric acid groups is 1. The van der Waals surface area contributed by atoms with Gasteiger partial charge in [-0.25, -0.2) is 4.57 Å². The summed E-state index contributed by atoms with van der Waals surface area (Å²) < 4.78 is 20.8. The van der Waals surface area contributed by atoms with Crippen molar-refractivity contribution in [1.29, 1.82) is 0 Å². The van der Waals surface area contributed by atoms with E-state index in [1.165, 1.54) is 6.42 Å². The number of ether oxygens (including phenoxy) is 1. The first-order valence-corrected chi connectivity index (χ1v) is 12.0. The number of rotatable bonds is 14. The van der Waals surface area contributed by atoms with Gasteiger partial charge >= 0.3 is 7.82 Å². The predicted octanol–water partition coefficient (Wildman–Crippen LogP) is 5.01. The molecule has 0 radical (unpaired) electrons. The van der Waals surface area contributed by atoms with Crippen LogP contribution in [0.2, 0.25) is 0 Å². The molecule has 0 amide bonds. The summed E-state index contributed by atoms with van der Waals surface area (Å²) in [5, 5.41) is 9.82. The average molecular weight is 425 g/mol. The lowest BCUT2D eigenvalue weighted by molar-refractivity contribution is -0.0154. The van der Waals surface area contributed by atoms with Crippen molar-refractivity contribution in [3.63, 3.8) is 0 Å². The van der Waals surface area contributed by atoms with E-state index in [2.05, 4.69) is 59.9 Å². The van der Waals surface area contributed by atoms with E-state index in [0.717, 1.165) is 19.3 Å². The standard InChI is InChI=1S/C21H45O6P/c1-16(2)11-21(7,8)10-9-18(17(3)12-20(4,5)6)13-26-14-19(22)15-27-28(23,24)25/h16-19,22H,9-15H2,1-8H3,(H2,23,24,25). The van der Waals surface area contributed by atoms with Gasteiger partial charge in [-0.1, -0.05) is 55.4 Å². The van der Waals surface area contributed by atoms with Crippen molar-refractivity contribution in [2.24, 2.45) is 28.6 Å². The molecule has 170 valence electrons. The number of phosphoric ester groups is 1. The van der Waals surface area contributed by atoms with Gasteiger partial charge in [-0.3, -0.25) is 4.52 Å². The van der Waals surface area contributed by atoms with Crippen molar-refractivity contribution in [3.05, 3.63) is 0 Å². The highest BCUT2D eigenvalue weighted by atomic mass is 31.2. The third-order valence-electron chi connectivity index (χ3n) is 4.97. The summed E-state index contributed by atoms with van der Waals surface area (Å²) in [4.78, 5) is 17.4. The van der Waals surface area contributed by atoms with Crippen LogP contribution < -0.4 is 0 Å². The summed E-state index contributed by atoms with van der Waals surface area (Å²) in [5.41, 5.74) is 0.520. The largest absolute Gasteiger partial charge is 0.469 e. The van der Waals surface area contributed by atoms with E-state index in [0.29, 0.717) is 24.4 Å². The summed E-state index contributed by atoms with van der Waals surface area (Å²) in [6.45, 7) is 18.3. The van der Waals surface area contributed by atoms with Crippen LogP contribution in [-0.4, -0.2) is 40.8 Å². The quantitative estimate of drug-likeness (QED) is 0.339. The minimum absolute atomic E-state index is 0.00806. The fraction of sp³-hybridized carbons (Fsp3) is 1.00. The number of aliphatic hydroxyl groups is 1. The fourth-order valence-electron chi connectivity index (χ4n) is 4.03. The Hall–Kier alpha value is 0.0300. The highest BCUT2D eigenvalue weighted by molar-refractivity contribution is 7.46. The van der Waals surface area contributed by atoms with Crippen molar-refractivity contribution >= 4 is 7.82 Å². The zero-order valence-electron chi connectivity index (χ0n) is 19.3. The lowest BCUT2D eigenvalue weighted by Gasteiger charge is -2.33. The van der Waals surface area contributed by atoms with Gasteiger partial charge < -0.3 is 19.6 Å². The molecule has 0 heterocycles. The third-order valence-corrected chi connectivity index (χ3v) is 5.45. The van der Waals surface area contributed by atoms with Gasteiger partial charge in [0.25, 0.3) is 0 Å². The maximum absolute atomic E-state index is 10.7. The van der Waals surface area contributed by atoms with E-state index in [-0.39, 0.29) is 17.4 Å². The van der Waals surface area contributed by atoms with Gasteiger partial charge in [0.1, 0.15) is 6.10 Å². The van der Waals surface area contributed by atoms with Gasteiger partial charge in [0, 0.05) is 6.61 Å². The van der Waals surface area contributed by atoms with Gasteiger partial charge in [0.15, 0.2) is 0 Å². The molecule has 28 heavy (non-hydrogen) atoms. The monoisotopic (exact) mass is 424 g/mol. The van der Waals surface area contributed by atoms with Gasteiger partial charge in [0.2, 0.25) is 0 Å². The molecule has 0 aliphatic heterocycles. The number of hydrogen-bond donors (Lipinski definition) is 3. The van der Waals surface area contributed by atoms with Crippen molar-refractivity contribution in [3.8, 4) is 0 Å². The van der Waals surface area contributed by atoms with Crippen LogP contribution in [0.1, 0.15) is 81.1 Å². The van der Waals surface area contributed by atoms with Gasteiger partial charge in [-0.2, -0.15) is 0 Å². The molecule has 0 fully saturated rings. The van der Waals surface area contributed by atoms with Crippen LogP contribution in [0.15, 0.2) is 0 Å². The van der Waals surface area contributed by atoms with Crippen molar-refractivity contribution in [2.75, 3.05) is 19.8 Å². The maximum atomic E-state index is 10.7. The lowest BCUT2D eigenvalue weighted by Crippen LogP contribution is -2.28. The summed E-state index contributed by atoms with van der Waals surface area (Å²) in [7, 11) is -4.57. The van der Waals surface area contributed by atoms with E-state index in [4.69, 9.17) is 14.5 Å². The first-order chi connectivity index (χ1) is 12.5. The highest BCUT2D eigenvalue weighted by Crippen LogP contribution is 2.37. The molecule has 0 rings (SSSR count). The van der Waals surface area contributed by atoms with E-state index in [1.54, 1.807) is 0 Å². The second-order valence-electron chi connectivity index (χ2n) is 10.8. The molecule has 0 bridgehead atoms. The Morgan fingerprint density at radius 2 is 1.50 bits per heavy atom. The SMILES string of the molecule is CC(C)CC(C)(C)CCC(COCC(O)COP(=O)(O)O)C(C)CC(C)(C)C. The van der Waals surface area contributed by atoms with Crippen LogP contribution in [0.5, 0.6) is 0 Å². The summed E-state index contributed by atoms with van der Waals surface area (Å²) >= 11 is 0. The predicted molar refractivity (Wildman–Crippen MR) is 114 cm³/mol. The summed E-state index contributed by atoms with van der Waals surface area (Å²) in [6, 6.07) is 0. The van der Waals surface area contributed by atoms with E-state index >= 15 is 0 Å². The van der Waals surface area contributed by atoms with Crippen molar-refractivity contribution in [2.45, 2.75) is 87.2 Å². The first-order valence-electron chi connectivity index (χ1n) is 10.5. The Labute approximate surface area is 172 Å². The maximum Gasteiger partial charge on any atom is 0.469 e. The zero-order valence-corrected chi connectivity index (χ0v) is 20.2. The normalized spacial score (nSPS) is 17.0. The topological polar surface area (TPSA) is 96.2 Å². The second kappa shape index (κ2) is 12.0. The zero-order chi connectivity index (χ0) is 22.2. The van der Waals surface area contributed by atoms with Crippen molar-refractivity contribution < 1.29 is 28.7 Å². The summed E-state index contributed by atoms with van der Waals surface area (Å²) in [5.74, 6) is 1.53. The molecule has 3 atom stereocenters. The fourth-order valence-corrected chi connectivity index (χ4v) is 4.40. The van der Waals surface area contributed by atoms with E-state index < -0.39 is 20.5 Å². The van der Waals surface area contributed by atoms with Gasteiger partial charge in [-0.05, 0) is 54.3 Å². The van der Waals surface area contributed by atoms with Crippen LogP contribution in [0.3, 0.4) is 0 Å². The molecule has 0 aliphatic rings. The van der Waals surface area contributed by atoms with Gasteiger partial charge in [0.05, 0.1) is 13.2 Å².